The Balaban J connectivity index is 1.95. The minimum Gasteiger partial charge on any atom is -0.507 e. The van der Waals surface area contributed by atoms with Gasteiger partial charge in [0.25, 0.3) is 5.56 Å². The summed E-state index contributed by atoms with van der Waals surface area (Å²) in [6.07, 6.45) is 2.88. The molecule has 3 aromatic rings. The van der Waals surface area contributed by atoms with Gasteiger partial charge < -0.3 is 5.11 Å². The van der Waals surface area contributed by atoms with Crippen LogP contribution < -0.4 is 11.0 Å². The number of fused-ring (bicyclic) bond motifs is 1. The largest absolute Gasteiger partial charge is 0.507 e. The van der Waals surface area contributed by atoms with Gasteiger partial charge in [0.05, 0.1) is 12.4 Å². The first-order valence-electron chi connectivity index (χ1n) is 6.89. The number of phenols is 1. The number of nitrogens with one attached hydrogen (secondary N) is 1. The molecule has 0 fully saturated rings. The van der Waals surface area contributed by atoms with Crippen LogP contribution in [0, 0.1) is 0 Å². The van der Waals surface area contributed by atoms with Crippen molar-refractivity contribution in [3.8, 4) is 5.75 Å². The number of benzene rings is 2. The van der Waals surface area contributed by atoms with Crippen LogP contribution in [0.25, 0.3) is 10.8 Å². The summed E-state index contributed by atoms with van der Waals surface area (Å²) in [7, 11) is 1.51. The van der Waals surface area contributed by atoms with Crippen LogP contribution in [0.1, 0.15) is 5.56 Å². The van der Waals surface area contributed by atoms with E-state index in [0.29, 0.717) is 11.3 Å². The SMILES string of the molecule is Cn1ncc(N/N=C\c2c(O)ccc3cc(Br)ccc23)c(Cl)c1=O. The predicted octanol–water partition coefficient (Wildman–Crippen LogP) is 3.50. The zero-order valence-corrected chi connectivity index (χ0v) is 14.8. The van der Waals surface area contributed by atoms with Gasteiger partial charge in [0, 0.05) is 17.1 Å². The Morgan fingerprint density at radius 3 is 2.96 bits per heavy atom. The highest BCUT2D eigenvalue weighted by molar-refractivity contribution is 9.10. The number of anilines is 1. The Morgan fingerprint density at radius 1 is 1.38 bits per heavy atom. The standard InChI is InChI=1S/C16H12BrClN4O2/c1-22-16(24)15(18)13(8-20-22)21-19-7-12-11-4-3-10(17)6-9(11)2-5-14(12)23/h2-8,21,23H,1H3/b19-7-. The summed E-state index contributed by atoms with van der Waals surface area (Å²) in [6, 6.07) is 9.13. The number of hydrogen-bond donors (Lipinski definition) is 2. The van der Waals surface area contributed by atoms with Gasteiger partial charge in [-0.1, -0.05) is 39.7 Å². The number of halogens is 2. The summed E-state index contributed by atoms with van der Waals surface area (Å²) >= 11 is 9.38. The lowest BCUT2D eigenvalue weighted by molar-refractivity contribution is 0.475. The number of nitrogens with zero attached hydrogens (tertiary/aromatic N) is 3. The highest BCUT2D eigenvalue weighted by Gasteiger charge is 2.07. The molecule has 0 aliphatic carbocycles. The molecule has 3 rings (SSSR count). The number of aryl methyl sites for hydroxylation is 1. The first-order chi connectivity index (χ1) is 11.5. The molecule has 24 heavy (non-hydrogen) atoms. The van der Waals surface area contributed by atoms with Crippen molar-refractivity contribution in [2.24, 2.45) is 12.1 Å². The lowest BCUT2D eigenvalue weighted by Gasteiger charge is -2.06. The predicted molar refractivity (Wildman–Crippen MR) is 99.0 cm³/mol. The van der Waals surface area contributed by atoms with Crippen LogP contribution in [-0.2, 0) is 7.05 Å². The van der Waals surface area contributed by atoms with E-state index in [4.69, 9.17) is 11.6 Å². The van der Waals surface area contributed by atoms with Gasteiger partial charge in [0.2, 0.25) is 0 Å². The number of hydrazone groups is 1. The molecule has 1 heterocycles. The van der Waals surface area contributed by atoms with Gasteiger partial charge in [0.15, 0.2) is 0 Å². The Labute approximate surface area is 150 Å². The van der Waals surface area contributed by atoms with E-state index in [2.05, 4.69) is 31.6 Å². The molecule has 1 aromatic heterocycles. The molecule has 6 nitrogen and oxygen atoms in total. The molecule has 0 radical (unpaired) electrons. The average Bonchev–Trinajstić information content (AvgIpc) is 2.56. The van der Waals surface area contributed by atoms with E-state index < -0.39 is 5.56 Å². The summed E-state index contributed by atoms with van der Waals surface area (Å²) in [5.74, 6) is 0.101. The molecular weight excluding hydrogens is 396 g/mol. The maximum Gasteiger partial charge on any atom is 0.287 e. The van der Waals surface area contributed by atoms with E-state index in [0.717, 1.165) is 19.9 Å². The Hall–Kier alpha value is -2.38. The highest BCUT2D eigenvalue weighted by atomic mass is 79.9. The van der Waals surface area contributed by atoms with Crippen LogP contribution in [0.4, 0.5) is 5.69 Å². The van der Waals surface area contributed by atoms with Gasteiger partial charge in [-0.15, -0.1) is 0 Å². The molecule has 0 saturated heterocycles. The van der Waals surface area contributed by atoms with Gasteiger partial charge in [-0.05, 0) is 29.0 Å². The highest BCUT2D eigenvalue weighted by Crippen LogP contribution is 2.28. The van der Waals surface area contributed by atoms with Crippen LogP contribution in [0.3, 0.4) is 0 Å². The van der Waals surface area contributed by atoms with Crippen LogP contribution >= 0.6 is 27.5 Å². The molecule has 0 atom stereocenters. The first-order valence-corrected chi connectivity index (χ1v) is 8.06. The lowest BCUT2D eigenvalue weighted by Crippen LogP contribution is -2.20. The fourth-order valence-electron chi connectivity index (χ4n) is 2.20. The van der Waals surface area contributed by atoms with Crippen molar-refractivity contribution in [2.75, 3.05) is 5.43 Å². The van der Waals surface area contributed by atoms with Crippen LogP contribution in [0.2, 0.25) is 5.02 Å². The number of rotatable bonds is 3. The van der Waals surface area contributed by atoms with Gasteiger partial charge in [0.1, 0.15) is 16.5 Å². The molecular formula is C16H12BrClN4O2. The number of aromatic hydroxyl groups is 1. The molecule has 0 saturated carbocycles. The van der Waals surface area contributed by atoms with Gasteiger partial charge in [-0.25, -0.2) is 4.68 Å². The zero-order valence-electron chi connectivity index (χ0n) is 12.5. The van der Waals surface area contributed by atoms with Crippen molar-refractivity contribution < 1.29 is 5.11 Å². The minimum atomic E-state index is -0.422. The second-order valence-corrected chi connectivity index (χ2v) is 6.33. The normalized spacial score (nSPS) is 11.3. The van der Waals surface area contributed by atoms with Gasteiger partial charge in [-0.3, -0.25) is 10.2 Å². The van der Waals surface area contributed by atoms with Crippen LogP contribution in [0.15, 0.2) is 50.9 Å². The lowest BCUT2D eigenvalue weighted by atomic mass is 10.0. The summed E-state index contributed by atoms with van der Waals surface area (Å²) in [5.41, 5.74) is 3.10. The van der Waals surface area contributed by atoms with Gasteiger partial charge >= 0.3 is 0 Å². The zero-order chi connectivity index (χ0) is 17.3. The number of hydrogen-bond acceptors (Lipinski definition) is 5. The molecule has 8 heteroatoms. The van der Waals surface area contributed by atoms with Crippen molar-refractivity contribution in [1.82, 2.24) is 9.78 Å². The average molecular weight is 408 g/mol. The fraction of sp³-hybridized carbons (Fsp3) is 0.0625. The molecule has 2 N–H and O–H groups in total. The Morgan fingerprint density at radius 2 is 2.17 bits per heavy atom. The summed E-state index contributed by atoms with van der Waals surface area (Å²) in [4.78, 5) is 11.7. The molecule has 0 unspecified atom stereocenters. The number of aromatic nitrogens is 2. The van der Waals surface area contributed by atoms with Crippen molar-refractivity contribution in [1.29, 1.82) is 0 Å². The van der Waals surface area contributed by atoms with Crippen molar-refractivity contribution >= 4 is 50.2 Å². The molecule has 0 bridgehead atoms. The topological polar surface area (TPSA) is 79.5 Å². The maximum absolute atomic E-state index is 11.7. The molecule has 122 valence electrons. The monoisotopic (exact) mass is 406 g/mol. The minimum absolute atomic E-state index is 0.00396. The molecule has 2 aromatic carbocycles. The van der Waals surface area contributed by atoms with Crippen molar-refractivity contribution in [3.05, 3.63) is 61.9 Å². The van der Waals surface area contributed by atoms with E-state index in [1.54, 1.807) is 6.07 Å². The molecule has 0 aliphatic rings. The Bertz CT molecular complexity index is 1020. The van der Waals surface area contributed by atoms with Crippen molar-refractivity contribution in [3.63, 3.8) is 0 Å². The van der Waals surface area contributed by atoms with E-state index >= 15 is 0 Å². The fourth-order valence-corrected chi connectivity index (χ4v) is 2.80. The van der Waals surface area contributed by atoms with Gasteiger partial charge in [-0.2, -0.15) is 10.2 Å². The molecule has 0 aliphatic heterocycles. The number of phenolic OH excluding ortho intramolecular Hbond substituents is 1. The summed E-state index contributed by atoms with van der Waals surface area (Å²) < 4.78 is 2.07. The third-order valence-corrected chi connectivity index (χ3v) is 4.32. The smallest absolute Gasteiger partial charge is 0.287 e. The third-order valence-electron chi connectivity index (χ3n) is 3.46. The molecule has 0 spiro atoms. The van der Waals surface area contributed by atoms with E-state index in [1.807, 2.05) is 24.3 Å². The van der Waals surface area contributed by atoms with Crippen LogP contribution in [-0.4, -0.2) is 21.1 Å². The third kappa shape index (κ3) is 3.13. The second kappa shape index (κ2) is 6.62. The summed E-state index contributed by atoms with van der Waals surface area (Å²) in [5, 5.41) is 19.8. The van der Waals surface area contributed by atoms with E-state index in [-0.39, 0.29) is 10.8 Å². The maximum atomic E-state index is 11.7. The Kier molecular flexibility index (Phi) is 4.55. The van der Waals surface area contributed by atoms with E-state index in [9.17, 15) is 9.90 Å². The molecule has 0 amide bonds. The first kappa shape index (κ1) is 16.5. The van der Waals surface area contributed by atoms with Crippen molar-refractivity contribution in [2.45, 2.75) is 0 Å². The van der Waals surface area contributed by atoms with Crippen LogP contribution in [0.5, 0.6) is 5.75 Å². The second-order valence-electron chi connectivity index (χ2n) is 5.03. The summed E-state index contributed by atoms with van der Waals surface area (Å²) in [6.45, 7) is 0. The quantitative estimate of drug-likeness (QED) is 0.514. The van der Waals surface area contributed by atoms with E-state index in [1.165, 1.54) is 19.5 Å².